The molecule has 0 aromatic carbocycles. The highest BCUT2D eigenvalue weighted by molar-refractivity contribution is 7.12. The van der Waals surface area contributed by atoms with Crippen LogP contribution in [-0.4, -0.2) is 5.11 Å². The van der Waals surface area contributed by atoms with Crippen LogP contribution in [0, 0.1) is 12.8 Å². The Labute approximate surface area is 84.4 Å². The van der Waals surface area contributed by atoms with Crippen molar-refractivity contribution in [2.45, 2.75) is 39.7 Å². The van der Waals surface area contributed by atoms with E-state index in [4.69, 9.17) is 0 Å². The molecule has 0 saturated carbocycles. The lowest BCUT2D eigenvalue weighted by Crippen LogP contribution is -2.06. The zero-order valence-electron chi connectivity index (χ0n) is 8.58. The predicted octanol–water partition coefficient (Wildman–Crippen LogP) is 3.53. The van der Waals surface area contributed by atoms with Crippen molar-refractivity contribution in [3.05, 3.63) is 21.9 Å². The summed E-state index contributed by atoms with van der Waals surface area (Å²) in [5, 5.41) is 9.94. The second-order valence-electron chi connectivity index (χ2n) is 3.66. The van der Waals surface area contributed by atoms with Crippen molar-refractivity contribution >= 4 is 11.3 Å². The fourth-order valence-electron chi connectivity index (χ4n) is 1.51. The first-order chi connectivity index (χ1) is 6.15. The molecule has 1 nitrogen and oxygen atoms in total. The van der Waals surface area contributed by atoms with E-state index in [2.05, 4.69) is 26.8 Å². The van der Waals surface area contributed by atoms with Crippen LogP contribution in [0.5, 0.6) is 0 Å². The standard InChI is InChI=1S/C11H18OS/c1-4-5-8(2)11(12)10-7-6-9(3)13-10/h6-8,11-12H,4-5H2,1-3H3. The largest absolute Gasteiger partial charge is 0.387 e. The Morgan fingerprint density at radius 1 is 1.46 bits per heavy atom. The maximum atomic E-state index is 9.94. The molecule has 2 unspecified atom stereocenters. The van der Waals surface area contributed by atoms with Gasteiger partial charge in [0, 0.05) is 9.75 Å². The molecule has 0 aliphatic carbocycles. The van der Waals surface area contributed by atoms with Crippen LogP contribution in [0.3, 0.4) is 0 Å². The van der Waals surface area contributed by atoms with E-state index >= 15 is 0 Å². The molecule has 0 radical (unpaired) electrons. The number of hydrogen-bond acceptors (Lipinski definition) is 2. The molecule has 0 saturated heterocycles. The molecule has 0 amide bonds. The van der Waals surface area contributed by atoms with E-state index in [1.807, 2.05) is 6.07 Å². The highest BCUT2D eigenvalue weighted by Crippen LogP contribution is 2.30. The second-order valence-corrected chi connectivity index (χ2v) is 4.98. The van der Waals surface area contributed by atoms with E-state index in [-0.39, 0.29) is 6.10 Å². The fourth-order valence-corrected chi connectivity index (χ4v) is 2.50. The van der Waals surface area contributed by atoms with Crippen LogP contribution in [0.15, 0.2) is 12.1 Å². The number of thiophene rings is 1. The molecule has 2 atom stereocenters. The molecular weight excluding hydrogens is 180 g/mol. The van der Waals surface area contributed by atoms with Gasteiger partial charge in [0.2, 0.25) is 0 Å². The van der Waals surface area contributed by atoms with Crippen LogP contribution in [0.25, 0.3) is 0 Å². The van der Waals surface area contributed by atoms with Crippen LogP contribution < -0.4 is 0 Å². The minimum Gasteiger partial charge on any atom is -0.387 e. The van der Waals surface area contributed by atoms with E-state index < -0.39 is 0 Å². The van der Waals surface area contributed by atoms with Crippen LogP contribution in [0.1, 0.15) is 42.5 Å². The molecule has 0 aliphatic heterocycles. The van der Waals surface area contributed by atoms with Crippen molar-refractivity contribution in [2.24, 2.45) is 5.92 Å². The normalized spacial score (nSPS) is 15.7. The van der Waals surface area contributed by atoms with Gasteiger partial charge < -0.3 is 5.11 Å². The lowest BCUT2D eigenvalue weighted by atomic mass is 9.98. The summed E-state index contributed by atoms with van der Waals surface area (Å²) in [6, 6.07) is 4.11. The number of rotatable bonds is 4. The van der Waals surface area contributed by atoms with Crippen LogP contribution in [0.4, 0.5) is 0 Å². The Bertz CT molecular complexity index is 254. The predicted molar refractivity (Wildman–Crippen MR) is 58.1 cm³/mol. The molecule has 1 rings (SSSR count). The minimum absolute atomic E-state index is 0.265. The molecule has 1 aromatic rings. The topological polar surface area (TPSA) is 20.2 Å². The smallest absolute Gasteiger partial charge is 0.0907 e. The number of aryl methyl sites for hydroxylation is 1. The second kappa shape index (κ2) is 4.77. The van der Waals surface area contributed by atoms with Gasteiger partial charge in [-0.3, -0.25) is 0 Å². The van der Waals surface area contributed by atoms with E-state index in [9.17, 15) is 5.11 Å². The van der Waals surface area contributed by atoms with Gasteiger partial charge in [0.05, 0.1) is 6.10 Å². The molecular formula is C11H18OS. The summed E-state index contributed by atoms with van der Waals surface area (Å²) in [4.78, 5) is 2.39. The summed E-state index contributed by atoms with van der Waals surface area (Å²) in [7, 11) is 0. The van der Waals surface area contributed by atoms with Crippen molar-refractivity contribution in [1.29, 1.82) is 0 Å². The summed E-state index contributed by atoms with van der Waals surface area (Å²) in [6.07, 6.45) is 1.97. The first-order valence-corrected chi connectivity index (χ1v) is 5.71. The number of aliphatic hydroxyl groups is 1. The van der Waals surface area contributed by atoms with Gasteiger partial charge in [0.1, 0.15) is 0 Å². The van der Waals surface area contributed by atoms with Gasteiger partial charge in [-0.05, 0) is 31.4 Å². The average molecular weight is 198 g/mol. The Hall–Kier alpha value is -0.340. The number of aliphatic hydroxyl groups excluding tert-OH is 1. The van der Waals surface area contributed by atoms with Crippen molar-refractivity contribution in [3.8, 4) is 0 Å². The fraction of sp³-hybridized carbons (Fsp3) is 0.636. The summed E-state index contributed by atoms with van der Waals surface area (Å²) in [5.74, 6) is 0.378. The Balaban J connectivity index is 2.61. The van der Waals surface area contributed by atoms with Crippen LogP contribution in [0.2, 0.25) is 0 Å². The molecule has 2 heteroatoms. The maximum Gasteiger partial charge on any atom is 0.0907 e. The van der Waals surface area contributed by atoms with Gasteiger partial charge >= 0.3 is 0 Å². The van der Waals surface area contributed by atoms with Crippen LogP contribution in [-0.2, 0) is 0 Å². The highest BCUT2D eigenvalue weighted by Gasteiger charge is 2.16. The Kier molecular flexibility index (Phi) is 3.94. The third-order valence-electron chi connectivity index (χ3n) is 2.34. The van der Waals surface area contributed by atoms with Gasteiger partial charge in [-0.15, -0.1) is 11.3 Å². The van der Waals surface area contributed by atoms with Crippen molar-refractivity contribution in [3.63, 3.8) is 0 Å². The van der Waals surface area contributed by atoms with Crippen molar-refractivity contribution in [1.82, 2.24) is 0 Å². The van der Waals surface area contributed by atoms with E-state index in [1.165, 1.54) is 4.88 Å². The van der Waals surface area contributed by atoms with Crippen LogP contribution >= 0.6 is 11.3 Å². The molecule has 1 aromatic heterocycles. The van der Waals surface area contributed by atoms with E-state index in [0.29, 0.717) is 5.92 Å². The maximum absolute atomic E-state index is 9.94. The third kappa shape index (κ3) is 2.82. The minimum atomic E-state index is -0.265. The zero-order chi connectivity index (χ0) is 9.84. The summed E-state index contributed by atoms with van der Waals surface area (Å²) >= 11 is 1.70. The first-order valence-electron chi connectivity index (χ1n) is 4.89. The lowest BCUT2D eigenvalue weighted by molar-refractivity contribution is 0.116. The molecule has 0 fully saturated rings. The molecule has 0 bridgehead atoms. The molecule has 74 valence electrons. The van der Waals surface area contributed by atoms with Gasteiger partial charge in [-0.2, -0.15) is 0 Å². The lowest BCUT2D eigenvalue weighted by Gasteiger charge is -2.16. The first kappa shape index (κ1) is 10.7. The number of hydrogen-bond donors (Lipinski definition) is 1. The van der Waals surface area contributed by atoms with Crippen molar-refractivity contribution in [2.75, 3.05) is 0 Å². The zero-order valence-corrected chi connectivity index (χ0v) is 9.40. The van der Waals surface area contributed by atoms with Gasteiger partial charge in [-0.25, -0.2) is 0 Å². The molecule has 0 aliphatic rings. The SMILES string of the molecule is CCCC(C)C(O)c1ccc(C)s1. The van der Waals surface area contributed by atoms with Gasteiger partial charge in [-0.1, -0.05) is 20.3 Å². The molecule has 0 spiro atoms. The Morgan fingerprint density at radius 3 is 2.62 bits per heavy atom. The molecule has 13 heavy (non-hydrogen) atoms. The van der Waals surface area contributed by atoms with E-state index in [0.717, 1.165) is 17.7 Å². The van der Waals surface area contributed by atoms with Gasteiger partial charge in [0.15, 0.2) is 0 Å². The monoisotopic (exact) mass is 198 g/mol. The summed E-state index contributed by atoms with van der Waals surface area (Å²) < 4.78 is 0. The molecule has 1 heterocycles. The van der Waals surface area contributed by atoms with Crippen molar-refractivity contribution < 1.29 is 5.11 Å². The van der Waals surface area contributed by atoms with Gasteiger partial charge in [0.25, 0.3) is 0 Å². The third-order valence-corrected chi connectivity index (χ3v) is 3.41. The average Bonchev–Trinajstić information content (AvgIpc) is 2.51. The summed E-state index contributed by atoms with van der Waals surface area (Å²) in [6.45, 7) is 6.34. The highest BCUT2D eigenvalue weighted by atomic mass is 32.1. The Morgan fingerprint density at radius 2 is 2.15 bits per heavy atom. The quantitative estimate of drug-likeness (QED) is 0.784. The van der Waals surface area contributed by atoms with E-state index in [1.54, 1.807) is 11.3 Å². The molecule has 1 N–H and O–H groups in total. The summed E-state index contributed by atoms with van der Waals surface area (Å²) in [5.41, 5.74) is 0.